The topological polar surface area (TPSA) is 78.0 Å². The van der Waals surface area contributed by atoms with Gasteiger partial charge in [0.05, 0.1) is 19.8 Å². The van der Waals surface area contributed by atoms with E-state index in [2.05, 4.69) is 39.7 Å². The fourth-order valence-electron chi connectivity index (χ4n) is 4.45. The minimum absolute atomic E-state index is 0. The molecule has 1 unspecified atom stereocenters. The molecule has 1 saturated carbocycles. The predicted octanol–water partition coefficient (Wildman–Crippen LogP) is 2.36. The number of hydrogen-bond donors (Lipinski definition) is 3. The second kappa shape index (κ2) is 15.2. The number of aliphatic imine (C=N–C) groups is 1. The molecule has 170 valence electrons. The average Bonchev–Trinajstić information content (AvgIpc) is 2.74. The van der Waals surface area contributed by atoms with Gasteiger partial charge in [0.25, 0.3) is 0 Å². The van der Waals surface area contributed by atoms with E-state index in [4.69, 9.17) is 4.74 Å². The number of guanidine groups is 1. The molecule has 1 saturated heterocycles. The first kappa shape index (κ1) is 26.4. The van der Waals surface area contributed by atoms with Crippen LogP contribution < -0.4 is 16.0 Å². The average molecular weight is 524 g/mol. The van der Waals surface area contributed by atoms with E-state index in [1.54, 1.807) is 7.05 Å². The van der Waals surface area contributed by atoms with Crippen molar-refractivity contribution in [2.45, 2.75) is 70.9 Å². The van der Waals surface area contributed by atoms with Crippen molar-refractivity contribution in [2.24, 2.45) is 10.9 Å². The third-order valence-electron chi connectivity index (χ3n) is 6.20. The highest BCUT2D eigenvalue weighted by molar-refractivity contribution is 14.0. The zero-order chi connectivity index (χ0) is 20.2. The van der Waals surface area contributed by atoms with E-state index in [-0.39, 0.29) is 36.4 Å². The Balaban J connectivity index is 0.00000420. The molecule has 0 aromatic heterocycles. The first-order valence-corrected chi connectivity index (χ1v) is 11.2. The van der Waals surface area contributed by atoms with Crippen LogP contribution in [0.1, 0.15) is 58.8 Å². The smallest absolute Gasteiger partial charge is 0.239 e. The molecule has 1 amide bonds. The van der Waals surface area contributed by atoms with Crippen LogP contribution in [-0.2, 0) is 9.53 Å². The van der Waals surface area contributed by atoms with Crippen molar-refractivity contribution in [3.8, 4) is 0 Å². The van der Waals surface area contributed by atoms with Crippen LogP contribution >= 0.6 is 24.0 Å². The molecule has 1 aliphatic carbocycles. The van der Waals surface area contributed by atoms with Gasteiger partial charge in [0, 0.05) is 38.8 Å². The molecule has 7 nitrogen and oxygen atoms in total. The summed E-state index contributed by atoms with van der Waals surface area (Å²) in [5.41, 5.74) is 0. The number of carbonyl (C=O) groups is 1. The number of ether oxygens (including phenoxy) is 1. The van der Waals surface area contributed by atoms with Crippen LogP contribution in [-0.4, -0.2) is 75.3 Å². The fourth-order valence-corrected chi connectivity index (χ4v) is 4.45. The van der Waals surface area contributed by atoms with Gasteiger partial charge in [0.2, 0.25) is 5.91 Å². The van der Waals surface area contributed by atoms with Crippen molar-refractivity contribution in [1.82, 2.24) is 20.9 Å². The van der Waals surface area contributed by atoms with Crippen LogP contribution in [0.2, 0.25) is 0 Å². The number of carbonyl (C=O) groups excluding carboxylic acids is 1. The molecule has 2 fully saturated rings. The minimum atomic E-state index is 0. The molecule has 8 heteroatoms. The Labute approximate surface area is 194 Å². The predicted molar refractivity (Wildman–Crippen MR) is 130 cm³/mol. The Hall–Kier alpha value is -0.610. The van der Waals surface area contributed by atoms with E-state index in [0.29, 0.717) is 24.0 Å². The Kier molecular flexibility index (Phi) is 13.9. The summed E-state index contributed by atoms with van der Waals surface area (Å²) in [4.78, 5) is 19.1. The number of hydrogen-bond acceptors (Lipinski definition) is 4. The van der Waals surface area contributed by atoms with Gasteiger partial charge in [-0.3, -0.25) is 14.7 Å². The lowest BCUT2D eigenvalue weighted by Gasteiger charge is -2.39. The molecule has 29 heavy (non-hydrogen) atoms. The minimum Gasteiger partial charge on any atom is -0.379 e. The lowest BCUT2D eigenvalue weighted by Crippen LogP contribution is -2.54. The lowest BCUT2D eigenvalue weighted by atomic mass is 9.92. The molecule has 0 bridgehead atoms. The molecular weight excluding hydrogens is 481 g/mol. The number of morpholine rings is 1. The molecule has 3 N–H and O–H groups in total. The summed E-state index contributed by atoms with van der Waals surface area (Å²) in [6.45, 7) is 9.22. The van der Waals surface area contributed by atoms with E-state index >= 15 is 0 Å². The van der Waals surface area contributed by atoms with Crippen molar-refractivity contribution in [3.05, 3.63) is 0 Å². The second-order valence-corrected chi connectivity index (χ2v) is 8.00. The Morgan fingerprint density at radius 3 is 2.34 bits per heavy atom. The summed E-state index contributed by atoms with van der Waals surface area (Å²) >= 11 is 0. The first-order chi connectivity index (χ1) is 13.7. The summed E-state index contributed by atoms with van der Waals surface area (Å²) in [6, 6.07) is 0.798. The van der Waals surface area contributed by atoms with E-state index < -0.39 is 0 Å². The summed E-state index contributed by atoms with van der Waals surface area (Å²) in [5.74, 6) is 1.39. The normalized spacial score (nSPS) is 20.1. The van der Waals surface area contributed by atoms with Crippen molar-refractivity contribution in [1.29, 1.82) is 0 Å². The van der Waals surface area contributed by atoms with Crippen LogP contribution in [0, 0.1) is 5.92 Å². The standard InChI is InChI=1S/C21H41N5O2.HI/c1-4-17(5-2)19(26-11-13-28-14-12-26)15-23-21(22-3)24-16-20(27)25-18-9-7-6-8-10-18;/h17-19H,4-16H2,1-3H3,(H,25,27)(H2,22,23,24);1H. The molecule has 1 atom stereocenters. The van der Waals surface area contributed by atoms with Gasteiger partial charge in [-0.15, -0.1) is 24.0 Å². The molecule has 2 aliphatic rings. The third kappa shape index (κ3) is 9.38. The SMILES string of the molecule is CCC(CC)C(CNC(=NC)NCC(=O)NC1CCCCC1)N1CCOCC1.I. The number of amides is 1. The van der Waals surface area contributed by atoms with Crippen LogP contribution in [0.3, 0.4) is 0 Å². The number of nitrogens with one attached hydrogen (secondary N) is 3. The van der Waals surface area contributed by atoms with Gasteiger partial charge in [-0.1, -0.05) is 46.0 Å². The fraction of sp³-hybridized carbons (Fsp3) is 0.905. The summed E-state index contributed by atoms with van der Waals surface area (Å²) < 4.78 is 5.53. The molecule has 0 radical (unpaired) electrons. The maximum Gasteiger partial charge on any atom is 0.239 e. The van der Waals surface area contributed by atoms with E-state index in [1.165, 1.54) is 19.3 Å². The van der Waals surface area contributed by atoms with Crippen molar-refractivity contribution >= 4 is 35.8 Å². The summed E-state index contributed by atoms with van der Waals surface area (Å²) in [5, 5.41) is 9.77. The Morgan fingerprint density at radius 1 is 1.10 bits per heavy atom. The molecule has 1 heterocycles. The lowest BCUT2D eigenvalue weighted by molar-refractivity contribution is -0.120. The van der Waals surface area contributed by atoms with Gasteiger partial charge in [-0.05, 0) is 18.8 Å². The summed E-state index contributed by atoms with van der Waals surface area (Å²) in [7, 11) is 1.76. The highest BCUT2D eigenvalue weighted by atomic mass is 127. The van der Waals surface area contributed by atoms with Crippen molar-refractivity contribution in [3.63, 3.8) is 0 Å². The highest BCUT2D eigenvalue weighted by Gasteiger charge is 2.27. The number of rotatable bonds is 9. The Bertz CT molecular complexity index is 476. The van der Waals surface area contributed by atoms with Gasteiger partial charge in [-0.25, -0.2) is 0 Å². The van der Waals surface area contributed by atoms with Gasteiger partial charge in [0.1, 0.15) is 0 Å². The first-order valence-electron chi connectivity index (χ1n) is 11.2. The third-order valence-corrected chi connectivity index (χ3v) is 6.20. The zero-order valence-electron chi connectivity index (χ0n) is 18.5. The van der Waals surface area contributed by atoms with Gasteiger partial charge >= 0.3 is 0 Å². The van der Waals surface area contributed by atoms with Crippen LogP contribution in [0.25, 0.3) is 0 Å². The van der Waals surface area contributed by atoms with Gasteiger partial charge < -0.3 is 20.7 Å². The van der Waals surface area contributed by atoms with E-state index in [1.807, 2.05) is 0 Å². The molecular formula is C21H42IN5O2. The van der Waals surface area contributed by atoms with Crippen LogP contribution in [0.4, 0.5) is 0 Å². The zero-order valence-corrected chi connectivity index (χ0v) is 20.9. The second-order valence-electron chi connectivity index (χ2n) is 8.00. The molecule has 1 aliphatic heterocycles. The molecule has 0 aromatic carbocycles. The molecule has 0 spiro atoms. The van der Waals surface area contributed by atoms with Crippen molar-refractivity contribution < 1.29 is 9.53 Å². The number of halogens is 1. The highest BCUT2D eigenvalue weighted by Crippen LogP contribution is 2.19. The van der Waals surface area contributed by atoms with Gasteiger partial charge in [0.15, 0.2) is 5.96 Å². The van der Waals surface area contributed by atoms with Crippen molar-refractivity contribution in [2.75, 3.05) is 46.4 Å². The summed E-state index contributed by atoms with van der Waals surface area (Å²) in [6.07, 6.45) is 8.28. The molecule has 2 rings (SSSR count). The largest absolute Gasteiger partial charge is 0.379 e. The Morgan fingerprint density at radius 2 is 1.76 bits per heavy atom. The quantitative estimate of drug-likeness (QED) is 0.246. The van der Waals surface area contributed by atoms with E-state index in [9.17, 15) is 4.79 Å². The van der Waals surface area contributed by atoms with Crippen LogP contribution in [0.5, 0.6) is 0 Å². The monoisotopic (exact) mass is 523 g/mol. The van der Waals surface area contributed by atoms with Gasteiger partial charge in [-0.2, -0.15) is 0 Å². The maximum absolute atomic E-state index is 12.2. The molecule has 0 aromatic rings. The van der Waals surface area contributed by atoms with Crippen LogP contribution in [0.15, 0.2) is 4.99 Å². The number of nitrogens with zero attached hydrogens (tertiary/aromatic N) is 2. The maximum atomic E-state index is 12.2. The van der Waals surface area contributed by atoms with E-state index in [0.717, 1.165) is 58.5 Å².